The highest BCUT2D eigenvalue weighted by molar-refractivity contribution is 6.31. The van der Waals surface area contributed by atoms with Crippen molar-refractivity contribution in [3.8, 4) is 0 Å². The molecular formula is C8H7ClN2O. The van der Waals surface area contributed by atoms with Crippen LogP contribution >= 0.6 is 11.6 Å². The first-order valence-electron chi connectivity index (χ1n) is 3.54. The molecule has 0 fully saturated rings. The normalized spacial score (nSPS) is 10.8. The largest absolute Gasteiger partial charge is 0.439 e. The zero-order chi connectivity index (χ0) is 8.55. The van der Waals surface area contributed by atoms with Crippen LogP contribution in [0.25, 0.3) is 11.1 Å². The Labute approximate surface area is 74.1 Å². The van der Waals surface area contributed by atoms with Gasteiger partial charge in [-0.1, -0.05) is 11.6 Å². The molecule has 2 N–H and O–H groups in total. The lowest BCUT2D eigenvalue weighted by molar-refractivity contribution is 0.533. The zero-order valence-electron chi connectivity index (χ0n) is 6.25. The molecule has 0 spiro atoms. The van der Waals surface area contributed by atoms with E-state index in [9.17, 15) is 0 Å². The Morgan fingerprint density at radius 1 is 1.50 bits per heavy atom. The van der Waals surface area contributed by atoms with Crippen LogP contribution in [0.5, 0.6) is 0 Å². The van der Waals surface area contributed by atoms with Crippen LogP contribution in [0.15, 0.2) is 22.6 Å². The quantitative estimate of drug-likeness (QED) is 0.734. The number of nitrogens with two attached hydrogens (primary N) is 1. The van der Waals surface area contributed by atoms with Gasteiger partial charge in [-0.05, 0) is 12.1 Å². The van der Waals surface area contributed by atoms with Crippen LogP contribution in [0.3, 0.4) is 0 Å². The second kappa shape index (κ2) is 2.77. The molecule has 2 rings (SSSR count). The lowest BCUT2D eigenvalue weighted by Gasteiger charge is -1.85. The third-order valence-electron chi connectivity index (χ3n) is 1.57. The standard InChI is InChI=1S/C8H7ClN2O/c9-5-1-2-6-7(3-5)12-8(4-10)11-6/h1-3H,4,10H2. The van der Waals surface area contributed by atoms with Crippen LogP contribution < -0.4 is 5.73 Å². The Morgan fingerprint density at radius 3 is 3.08 bits per heavy atom. The monoisotopic (exact) mass is 182 g/mol. The van der Waals surface area contributed by atoms with Gasteiger partial charge in [0, 0.05) is 11.1 Å². The molecule has 0 atom stereocenters. The van der Waals surface area contributed by atoms with Gasteiger partial charge in [-0.3, -0.25) is 0 Å². The van der Waals surface area contributed by atoms with Crippen molar-refractivity contribution in [2.45, 2.75) is 6.54 Å². The van der Waals surface area contributed by atoms with E-state index in [1.807, 2.05) is 0 Å². The van der Waals surface area contributed by atoms with E-state index >= 15 is 0 Å². The van der Waals surface area contributed by atoms with E-state index in [0.29, 0.717) is 23.0 Å². The van der Waals surface area contributed by atoms with Gasteiger partial charge in [0.15, 0.2) is 5.58 Å². The van der Waals surface area contributed by atoms with Crippen LogP contribution in [0.4, 0.5) is 0 Å². The number of halogens is 1. The highest BCUT2D eigenvalue weighted by atomic mass is 35.5. The van der Waals surface area contributed by atoms with Gasteiger partial charge in [0.05, 0.1) is 6.54 Å². The molecule has 0 saturated heterocycles. The van der Waals surface area contributed by atoms with Gasteiger partial charge in [-0.25, -0.2) is 4.98 Å². The fourth-order valence-corrected chi connectivity index (χ4v) is 1.20. The molecule has 0 unspecified atom stereocenters. The van der Waals surface area contributed by atoms with Gasteiger partial charge in [0.2, 0.25) is 5.89 Å². The first kappa shape index (κ1) is 7.58. The highest BCUT2D eigenvalue weighted by Gasteiger charge is 2.03. The maximum atomic E-state index is 5.75. The Hall–Kier alpha value is -1.06. The first-order chi connectivity index (χ1) is 5.79. The lowest BCUT2D eigenvalue weighted by Crippen LogP contribution is -1.94. The molecule has 2 aromatic rings. The average Bonchev–Trinajstić information content (AvgIpc) is 2.46. The molecule has 0 saturated carbocycles. The Bertz CT molecular complexity index is 410. The smallest absolute Gasteiger partial charge is 0.209 e. The third kappa shape index (κ3) is 1.17. The van der Waals surface area contributed by atoms with Crippen LogP contribution in [-0.4, -0.2) is 4.98 Å². The molecule has 3 nitrogen and oxygen atoms in total. The van der Waals surface area contributed by atoms with E-state index in [0.717, 1.165) is 5.52 Å². The maximum absolute atomic E-state index is 5.75. The summed E-state index contributed by atoms with van der Waals surface area (Å²) in [6, 6.07) is 5.30. The van der Waals surface area contributed by atoms with E-state index in [1.165, 1.54) is 0 Å². The van der Waals surface area contributed by atoms with Crippen molar-refractivity contribution >= 4 is 22.7 Å². The molecule has 0 radical (unpaired) electrons. The summed E-state index contributed by atoms with van der Waals surface area (Å²) in [6.07, 6.45) is 0. The highest BCUT2D eigenvalue weighted by Crippen LogP contribution is 2.19. The van der Waals surface area contributed by atoms with Crippen molar-refractivity contribution < 1.29 is 4.42 Å². The molecule has 12 heavy (non-hydrogen) atoms. The van der Waals surface area contributed by atoms with Crippen LogP contribution in [0, 0.1) is 0 Å². The summed E-state index contributed by atoms with van der Waals surface area (Å²) >= 11 is 5.75. The summed E-state index contributed by atoms with van der Waals surface area (Å²) in [5, 5.41) is 0.641. The van der Waals surface area contributed by atoms with Gasteiger partial charge < -0.3 is 10.2 Å². The van der Waals surface area contributed by atoms with Gasteiger partial charge >= 0.3 is 0 Å². The van der Waals surface area contributed by atoms with E-state index in [-0.39, 0.29) is 0 Å². The van der Waals surface area contributed by atoms with Crippen LogP contribution in [0.1, 0.15) is 5.89 Å². The Kier molecular flexibility index (Phi) is 1.75. The molecular weight excluding hydrogens is 176 g/mol. The Balaban J connectivity index is 2.67. The van der Waals surface area contributed by atoms with Crippen molar-refractivity contribution in [3.05, 3.63) is 29.1 Å². The van der Waals surface area contributed by atoms with Crippen LogP contribution in [0.2, 0.25) is 5.02 Å². The maximum Gasteiger partial charge on any atom is 0.209 e. The molecule has 0 aliphatic heterocycles. The van der Waals surface area contributed by atoms with Crippen molar-refractivity contribution in [1.29, 1.82) is 0 Å². The number of hydrogen-bond donors (Lipinski definition) is 1. The predicted octanol–water partition coefficient (Wildman–Crippen LogP) is 1.94. The lowest BCUT2D eigenvalue weighted by atomic mass is 10.3. The Morgan fingerprint density at radius 2 is 2.33 bits per heavy atom. The van der Waals surface area contributed by atoms with E-state index in [2.05, 4.69) is 4.98 Å². The minimum Gasteiger partial charge on any atom is -0.439 e. The van der Waals surface area contributed by atoms with Gasteiger partial charge in [-0.15, -0.1) is 0 Å². The molecule has 0 bridgehead atoms. The molecule has 1 aromatic heterocycles. The molecule has 0 aliphatic rings. The van der Waals surface area contributed by atoms with Crippen LogP contribution in [-0.2, 0) is 6.54 Å². The van der Waals surface area contributed by atoms with Gasteiger partial charge in [0.1, 0.15) is 5.52 Å². The molecule has 1 aromatic carbocycles. The third-order valence-corrected chi connectivity index (χ3v) is 1.80. The van der Waals surface area contributed by atoms with Crippen molar-refractivity contribution in [3.63, 3.8) is 0 Å². The van der Waals surface area contributed by atoms with Crippen molar-refractivity contribution in [2.24, 2.45) is 5.73 Å². The molecule has 0 aliphatic carbocycles. The fourth-order valence-electron chi connectivity index (χ4n) is 1.03. The molecule has 4 heteroatoms. The van der Waals surface area contributed by atoms with Gasteiger partial charge in [-0.2, -0.15) is 0 Å². The predicted molar refractivity (Wildman–Crippen MR) is 46.9 cm³/mol. The molecule has 62 valence electrons. The van der Waals surface area contributed by atoms with Crippen molar-refractivity contribution in [2.75, 3.05) is 0 Å². The van der Waals surface area contributed by atoms with E-state index < -0.39 is 0 Å². The minimum atomic E-state index is 0.312. The van der Waals surface area contributed by atoms with E-state index in [1.54, 1.807) is 18.2 Å². The van der Waals surface area contributed by atoms with E-state index in [4.69, 9.17) is 21.8 Å². The summed E-state index contributed by atoms with van der Waals surface area (Å²) < 4.78 is 5.28. The number of rotatable bonds is 1. The number of aromatic nitrogens is 1. The number of nitrogens with zero attached hydrogens (tertiary/aromatic N) is 1. The number of hydrogen-bond acceptors (Lipinski definition) is 3. The summed E-state index contributed by atoms with van der Waals surface area (Å²) in [7, 11) is 0. The molecule has 1 heterocycles. The minimum absolute atomic E-state index is 0.312. The summed E-state index contributed by atoms with van der Waals surface area (Å²) in [6.45, 7) is 0.312. The topological polar surface area (TPSA) is 52.0 Å². The number of fused-ring (bicyclic) bond motifs is 1. The number of benzene rings is 1. The second-order valence-corrected chi connectivity index (χ2v) is 2.86. The summed E-state index contributed by atoms with van der Waals surface area (Å²) in [5.41, 5.74) is 6.84. The SMILES string of the molecule is NCc1nc2ccc(Cl)cc2o1. The molecule has 0 amide bonds. The summed E-state index contributed by atoms with van der Waals surface area (Å²) in [4.78, 5) is 4.12. The number of oxazole rings is 1. The van der Waals surface area contributed by atoms with Crippen molar-refractivity contribution in [1.82, 2.24) is 4.98 Å². The fraction of sp³-hybridized carbons (Fsp3) is 0.125. The first-order valence-corrected chi connectivity index (χ1v) is 3.92. The van der Waals surface area contributed by atoms with Gasteiger partial charge in [0.25, 0.3) is 0 Å². The second-order valence-electron chi connectivity index (χ2n) is 2.42. The zero-order valence-corrected chi connectivity index (χ0v) is 7.01. The summed E-state index contributed by atoms with van der Waals surface area (Å²) in [5.74, 6) is 0.535. The average molecular weight is 183 g/mol.